The number of halogens is 1. The average molecular weight is 373 g/mol. The summed E-state index contributed by atoms with van der Waals surface area (Å²) < 4.78 is 14.2. The number of aliphatic hydroxyl groups excluding tert-OH is 1. The van der Waals surface area contributed by atoms with Crippen LogP contribution in [0.5, 0.6) is 0 Å². The summed E-state index contributed by atoms with van der Waals surface area (Å²) in [6, 6.07) is 7.37. The molecular formula is C20H24FN3O3. The Morgan fingerprint density at radius 2 is 2.00 bits per heavy atom. The van der Waals surface area contributed by atoms with Crippen LogP contribution in [0.4, 0.5) is 4.39 Å². The first-order valence-electron chi connectivity index (χ1n) is 9.45. The smallest absolute Gasteiger partial charge is 0.227 e. The number of hydrogen-bond donors (Lipinski definition) is 3. The lowest BCUT2D eigenvalue weighted by Crippen LogP contribution is -2.55. The lowest BCUT2D eigenvalue weighted by Gasteiger charge is -2.37. The van der Waals surface area contributed by atoms with E-state index in [-0.39, 0.29) is 43.2 Å². The maximum atomic E-state index is 14.2. The first-order chi connectivity index (χ1) is 13.0. The molecule has 1 aliphatic carbocycles. The van der Waals surface area contributed by atoms with E-state index in [0.29, 0.717) is 19.4 Å². The van der Waals surface area contributed by atoms with Gasteiger partial charge in [-0.1, -0.05) is 18.2 Å². The van der Waals surface area contributed by atoms with E-state index >= 15 is 0 Å². The second-order valence-corrected chi connectivity index (χ2v) is 7.70. The molecule has 2 amide bonds. The Kier molecular flexibility index (Phi) is 4.86. The van der Waals surface area contributed by atoms with Gasteiger partial charge in [-0.25, -0.2) is 4.39 Å². The Morgan fingerprint density at radius 1 is 1.22 bits per heavy atom. The highest BCUT2D eigenvalue weighted by molar-refractivity contribution is 5.89. The molecule has 1 aromatic carbocycles. The summed E-state index contributed by atoms with van der Waals surface area (Å²) in [5.41, 5.74) is 1.86. The molecule has 2 atom stereocenters. The van der Waals surface area contributed by atoms with Gasteiger partial charge in [0.15, 0.2) is 0 Å². The summed E-state index contributed by atoms with van der Waals surface area (Å²) in [6.07, 6.45) is 1.60. The third-order valence-corrected chi connectivity index (χ3v) is 5.60. The third kappa shape index (κ3) is 3.83. The first-order valence-corrected chi connectivity index (χ1v) is 9.45. The van der Waals surface area contributed by atoms with Crippen LogP contribution < -0.4 is 5.32 Å². The Balaban J connectivity index is 1.38. The normalized spacial score (nSPS) is 28.0. The van der Waals surface area contributed by atoms with E-state index < -0.39 is 12.3 Å². The van der Waals surface area contributed by atoms with Gasteiger partial charge in [-0.3, -0.25) is 9.59 Å². The molecule has 7 heteroatoms. The van der Waals surface area contributed by atoms with Crippen molar-refractivity contribution < 1.29 is 19.1 Å². The van der Waals surface area contributed by atoms with E-state index in [4.69, 9.17) is 0 Å². The average Bonchev–Trinajstić information content (AvgIpc) is 3.01. The van der Waals surface area contributed by atoms with Gasteiger partial charge in [-0.2, -0.15) is 0 Å². The fraction of sp³-hybridized carbons (Fsp3) is 0.500. The molecule has 2 fully saturated rings. The Morgan fingerprint density at radius 3 is 2.78 bits per heavy atom. The van der Waals surface area contributed by atoms with Crippen LogP contribution in [0.2, 0.25) is 0 Å². The standard InChI is InChI=1S/C20H24FN3O3/c21-14-8-15(23-20(27)12-5-16(25)6-12)11-24(10-14)19(26)7-13-9-22-18-4-2-1-3-17(13)18/h1-4,9,12,14-16,22,25H,5-8,10-11H2,(H,23,27)/t12?,14-,15+,16?/m0/s1. The summed E-state index contributed by atoms with van der Waals surface area (Å²) in [5, 5.41) is 13.2. The number of nitrogens with one attached hydrogen (secondary N) is 2. The minimum absolute atomic E-state index is 0.0652. The van der Waals surface area contributed by atoms with E-state index in [1.165, 1.54) is 4.90 Å². The number of aromatic nitrogens is 1. The van der Waals surface area contributed by atoms with E-state index in [9.17, 15) is 19.1 Å². The minimum Gasteiger partial charge on any atom is -0.393 e. The number of alkyl halides is 1. The van der Waals surface area contributed by atoms with Crippen molar-refractivity contribution in [2.45, 2.75) is 44.0 Å². The summed E-state index contributed by atoms with van der Waals surface area (Å²) in [4.78, 5) is 29.6. The number of hydrogen-bond acceptors (Lipinski definition) is 3. The number of H-pyrrole nitrogens is 1. The highest BCUT2D eigenvalue weighted by atomic mass is 19.1. The van der Waals surface area contributed by atoms with Crippen LogP contribution in [0, 0.1) is 5.92 Å². The molecule has 27 heavy (non-hydrogen) atoms. The van der Waals surface area contributed by atoms with Crippen LogP contribution in [0.3, 0.4) is 0 Å². The number of nitrogens with zero attached hydrogens (tertiary/aromatic N) is 1. The summed E-state index contributed by atoms with van der Waals surface area (Å²) in [6.45, 7) is 0.387. The molecule has 2 aromatic rings. The zero-order valence-corrected chi connectivity index (χ0v) is 15.0. The third-order valence-electron chi connectivity index (χ3n) is 5.60. The molecule has 6 nitrogen and oxygen atoms in total. The molecule has 4 rings (SSSR count). The number of aromatic amines is 1. The number of carbonyl (C=O) groups excluding carboxylic acids is 2. The number of fused-ring (bicyclic) bond motifs is 1. The lowest BCUT2D eigenvalue weighted by atomic mass is 9.81. The molecule has 0 spiro atoms. The molecule has 0 bridgehead atoms. The molecule has 1 aromatic heterocycles. The van der Waals surface area contributed by atoms with Crippen molar-refractivity contribution >= 4 is 22.7 Å². The number of carbonyl (C=O) groups is 2. The van der Waals surface area contributed by atoms with Crippen molar-refractivity contribution in [1.82, 2.24) is 15.2 Å². The van der Waals surface area contributed by atoms with Gasteiger partial charge in [0, 0.05) is 42.0 Å². The summed E-state index contributed by atoms with van der Waals surface area (Å²) >= 11 is 0. The van der Waals surface area contributed by atoms with E-state index in [0.717, 1.165) is 16.5 Å². The van der Waals surface area contributed by atoms with Gasteiger partial charge < -0.3 is 20.3 Å². The molecule has 1 saturated heterocycles. The van der Waals surface area contributed by atoms with Gasteiger partial charge in [0.1, 0.15) is 6.17 Å². The molecule has 2 aliphatic rings. The van der Waals surface area contributed by atoms with Crippen LogP contribution in [0.25, 0.3) is 10.9 Å². The predicted molar refractivity (Wildman–Crippen MR) is 98.8 cm³/mol. The zero-order valence-electron chi connectivity index (χ0n) is 15.0. The lowest BCUT2D eigenvalue weighted by molar-refractivity contribution is -0.137. The molecular weight excluding hydrogens is 349 g/mol. The SMILES string of the molecule is O=C(N[C@@H]1C[C@H](F)CN(C(=O)Cc2c[nH]c3ccccc23)C1)C1CC(O)C1. The monoisotopic (exact) mass is 373 g/mol. The Labute approximate surface area is 156 Å². The second kappa shape index (κ2) is 7.31. The predicted octanol–water partition coefficient (Wildman–Crippen LogP) is 1.54. The van der Waals surface area contributed by atoms with Crippen LogP contribution in [-0.4, -0.2) is 58.2 Å². The van der Waals surface area contributed by atoms with Gasteiger partial charge >= 0.3 is 0 Å². The van der Waals surface area contributed by atoms with Crippen molar-refractivity contribution in [2.75, 3.05) is 13.1 Å². The fourth-order valence-electron chi connectivity index (χ4n) is 4.02. The molecule has 144 valence electrons. The molecule has 1 saturated carbocycles. The maximum Gasteiger partial charge on any atom is 0.227 e. The van der Waals surface area contributed by atoms with E-state index in [1.807, 2.05) is 30.5 Å². The van der Waals surface area contributed by atoms with Gasteiger partial charge in [-0.15, -0.1) is 0 Å². The molecule has 3 N–H and O–H groups in total. The molecule has 2 heterocycles. The highest BCUT2D eigenvalue weighted by Gasteiger charge is 2.36. The second-order valence-electron chi connectivity index (χ2n) is 7.70. The van der Waals surface area contributed by atoms with Crippen molar-refractivity contribution in [3.8, 4) is 0 Å². The number of piperidine rings is 1. The van der Waals surface area contributed by atoms with Crippen LogP contribution >= 0.6 is 0 Å². The molecule has 1 aliphatic heterocycles. The Hall–Kier alpha value is -2.41. The number of likely N-dealkylation sites (tertiary alicyclic amines) is 1. The number of rotatable bonds is 4. The van der Waals surface area contributed by atoms with Crippen molar-refractivity contribution in [1.29, 1.82) is 0 Å². The largest absolute Gasteiger partial charge is 0.393 e. The highest BCUT2D eigenvalue weighted by Crippen LogP contribution is 2.28. The van der Waals surface area contributed by atoms with Gasteiger partial charge in [0.05, 0.1) is 19.1 Å². The van der Waals surface area contributed by atoms with Gasteiger partial charge in [0.25, 0.3) is 0 Å². The number of aliphatic hydroxyl groups is 1. The minimum atomic E-state index is -1.15. The van der Waals surface area contributed by atoms with E-state index in [2.05, 4.69) is 10.3 Å². The van der Waals surface area contributed by atoms with Crippen molar-refractivity contribution in [2.24, 2.45) is 5.92 Å². The number of benzene rings is 1. The quantitative estimate of drug-likeness (QED) is 0.760. The molecule has 0 radical (unpaired) electrons. The van der Waals surface area contributed by atoms with Gasteiger partial charge in [-0.05, 0) is 24.5 Å². The van der Waals surface area contributed by atoms with E-state index in [1.54, 1.807) is 0 Å². The fourth-order valence-corrected chi connectivity index (χ4v) is 4.02. The maximum absolute atomic E-state index is 14.2. The molecule has 0 unspecified atom stereocenters. The Bertz CT molecular complexity index is 846. The number of amides is 2. The summed E-state index contributed by atoms with van der Waals surface area (Å²) in [7, 11) is 0. The van der Waals surface area contributed by atoms with Crippen molar-refractivity contribution in [3.05, 3.63) is 36.0 Å². The van der Waals surface area contributed by atoms with Gasteiger partial charge in [0.2, 0.25) is 11.8 Å². The summed E-state index contributed by atoms with van der Waals surface area (Å²) in [5.74, 6) is -0.487. The van der Waals surface area contributed by atoms with Crippen LogP contribution in [0.15, 0.2) is 30.5 Å². The van der Waals surface area contributed by atoms with Crippen molar-refractivity contribution in [3.63, 3.8) is 0 Å². The van der Waals surface area contributed by atoms with Crippen LogP contribution in [0.1, 0.15) is 24.8 Å². The van der Waals surface area contributed by atoms with Crippen LogP contribution in [-0.2, 0) is 16.0 Å². The topological polar surface area (TPSA) is 85.4 Å². The zero-order chi connectivity index (χ0) is 19.0. The first kappa shape index (κ1) is 18.0. The number of para-hydroxylation sites is 1.